The van der Waals surface area contributed by atoms with E-state index in [2.05, 4.69) is 0 Å². The van der Waals surface area contributed by atoms with Crippen LogP contribution < -0.4 is 5.73 Å². The van der Waals surface area contributed by atoms with Crippen LogP contribution in [0.15, 0.2) is 24.3 Å². The van der Waals surface area contributed by atoms with Crippen LogP contribution in [0.2, 0.25) is 0 Å². The first-order valence-corrected chi connectivity index (χ1v) is 8.01. The zero-order valence-corrected chi connectivity index (χ0v) is 13.6. The Bertz CT molecular complexity index is 772. The SMILES string of the molecule is CCOC(=O)c1cc2ccc(C(C)=O)cc2n1CC1(CN)CC1. The molecule has 23 heavy (non-hydrogen) atoms. The van der Waals surface area contributed by atoms with Gasteiger partial charge in [0.2, 0.25) is 0 Å². The highest BCUT2D eigenvalue weighted by molar-refractivity contribution is 6.00. The highest BCUT2D eigenvalue weighted by atomic mass is 16.5. The lowest BCUT2D eigenvalue weighted by Crippen LogP contribution is -2.24. The molecule has 0 atom stereocenters. The summed E-state index contributed by atoms with van der Waals surface area (Å²) in [7, 11) is 0. The van der Waals surface area contributed by atoms with Gasteiger partial charge in [0, 0.05) is 28.4 Å². The van der Waals surface area contributed by atoms with Crippen molar-refractivity contribution >= 4 is 22.7 Å². The molecular formula is C18H22N2O3. The van der Waals surface area contributed by atoms with Crippen molar-refractivity contribution in [2.75, 3.05) is 13.2 Å². The topological polar surface area (TPSA) is 74.3 Å². The summed E-state index contributed by atoms with van der Waals surface area (Å²) in [6.07, 6.45) is 2.13. The van der Waals surface area contributed by atoms with Gasteiger partial charge < -0.3 is 15.0 Å². The van der Waals surface area contributed by atoms with Gasteiger partial charge in [-0.1, -0.05) is 12.1 Å². The molecular weight excluding hydrogens is 292 g/mol. The summed E-state index contributed by atoms with van der Waals surface area (Å²) in [6.45, 7) is 4.95. The number of nitrogens with zero attached hydrogens (tertiary/aromatic N) is 1. The Kier molecular flexibility index (Phi) is 3.98. The van der Waals surface area contributed by atoms with Crippen LogP contribution in [0.1, 0.15) is 47.5 Å². The predicted molar refractivity (Wildman–Crippen MR) is 88.6 cm³/mol. The fourth-order valence-electron chi connectivity index (χ4n) is 2.96. The molecule has 1 aliphatic rings. The first-order chi connectivity index (χ1) is 11.0. The molecule has 3 rings (SSSR count). The van der Waals surface area contributed by atoms with Crippen LogP contribution >= 0.6 is 0 Å². The molecule has 0 spiro atoms. The number of ketones is 1. The van der Waals surface area contributed by atoms with Crippen molar-refractivity contribution in [3.63, 3.8) is 0 Å². The lowest BCUT2D eigenvalue weighted by molar-refractivity contribution is 0.0513. The van der Waals surface area contributed by atoms with Crippen LogP contribution in [-0.2, 0) is 11.3 Å². The van der Waals surface area contributed by atoms with E-state index < -0.39 is 0 Å². The van der Waals surface area contributed by atoms with Gasteiger partial charge in [0.05, 0.1) is 6.61 Å². The minimum Gasteiger partial charge on any atom is -0.461 e. The quantitative estimate of drug-likeness (QED) is 0.657. The Balaban J connectivity index is 2.13. The average Bonchev–Trinajstić information content (AvgIpc) is 3.22. The second kappa shape index (κ2) is 5.81. The standard InChI is InChI=1S/C18H22N2O3/c1-3-23-17(22)16-9-14-5-4-13(12(2)21)8-15(14)20(16)11-18(10-19)6-7-18/h4-5,8-9H,3,6-7,10-11,19H2,1-2H3. The highest BCUT2D eigenvalue weighted by Gasteiger charge is 2.42. The summed E-state index contributed by atoms with van der Waals surface area (Å²) in [5.41, 5.74) is 8.04. The molecule has 1 aliphatic carbocycles. The predicted octanol–water partition coefficient (Wildman–Crippen LogP) is 2.76. The summed E-state index contributed by atoms with van der Waals surface area (Å²) in [5, 5.41) is 0.936. The molecule has 1 saturated carbocycles. The van der Waals surface area contributed by atoms with Gasteiger partial charge in [0.15, 0.2) is 5.78 Å². The Morgan fingerprint density at radius 3 is 2.61 bits per heavy atom. The molecule has 5 heteroatoms. The maximum absolute atomic E-state index is 12.3. The molecule has 2 N–H and O–H groups in total. The number of benzene rings is 1. The molecule has 2 aromatic rings. The van der Waals surface area contributed by atoms with Gasteiger partial charge >= 0.3 is 5.97 Å². The van der Waals surface area contributed by atoms with Gasteiger partial charge in [-0.05, 0) is 45.4 Å². The second-order valence-electron chi connectivity index (χ2n) is 6.37. The monoisotopic (exact) mass is 314 g/mol. The van der Waals surface area contributed by atoms with E-state index in [4.69, 9.17) is 10.5 Å². The van der Waals surface area contributed by atoms with E-state index in [1.807, 2.05) is 22.8 Å². The Morgan fingerprint density at radius 1 is 1.30 bits per heavy atom. The fraction of sp³-hybridized carbons (Fsp3) is 0.444. The minimum atomic E-state index is -0.333. The molecule has 0 amide bonds. The zero-order chi connectivity index (χ0) is 16.6. The molecule has 1 aromatic carbocycles. The number of rotatable bonds is 6. The number of hydrogen-bond donors (Lipinski definition) is 1. The summed E-state index contributed by atoms with van der Waals surface area (Å²) in [5.74, 6) is -0.321. The number of ether oxygens (including phenoxy) is 1. The zero-order valence-electron chi connectivity index (χ0n) is 13.6. The number of esters is 1. The Morgan fingerprint density at radius 2 is 2.04 bits per heavy atom. The van der Waals surface area contributed by atoms with Gasteiger partial charge in [-0.2, -0.15) is 0 Å². The summed E-state index contributed by atoms with van der Waals surface area (Å²) < 4.78 is 7.16. The summed E-state index contributed by atoms with van der Waals surface area (Å²) >= 11 is 0. The molecule has 1 fully saturated rings. The van der Waals surface area contributed by atoms with Gasteiger partial charge in [-0.15, -0.1) is 0 Å². The maximum atomic E-state index is 12.3. The molecule has 1 aromatic heterocycles. The van der Waals surface area contributed by atoms with E-state index in [1.165, 1.54) is 0 Å². The molecule has 5 nitrogen and oxygen atoms in total. The van der Waals surface area contributed by atoms with E-state index in [1.54, 1.807) is 19.9 Å². The third-order valence-corrected chi connectivity index (χ3v) is 4.68. The number of carbonyl (C=O) groups is 2. The second-order valence-corrected chi connectivity index (χ2v) is 6.37. The van der Waals surface area contributed by atoms with Crippen molar-refractivity contribution in [1.82, 2.24) is 4.57 Å². The normalized spacial score (nSPS) is 15.6. The Labute approximate surface area is 135 Å². The minimum absolute atomic E-state index is 0.0114. The number of carbonyl (C=O) groups excluding carboxylic acids is 2. The smallest absolute Gasteiger partial charge is 0.354 e. The Hall–Kier alpha value is -2.14. The van der Waals surface area contributed by atoms with E-state index in [-0.39, 0.29) is 17.2 Å². The molecule has 1 heterocycles. The third kappa shape index (κ3) is 2.88. The van der Waals surface area contributed by atoms with Gasteiger partial charge in [-0.3, -0.25) is 4.79 Å². The lowest BCUT2D eigenvalue weighted by Gasteiger charge is -2.17. The van der Waals surface area contributed by atoms with Crippen molar-refractivity contribution in [2.45, 2.75) is 33.2 Å². The van der Waals surface area contributed by atoms with Crippen molar-refractivity contribution in [1.29, 1.82) is 0 Å². The molecule has 0 saturated heterocycles. The van der Waals surface area contributed by atoms with Crippen molar-refractivity contribution in [3.8, 4) is 0 Å². The first-order valence-electron chi connectivity index (χ1n) is 8.01. The van der Waals surface area contributed by atoms with Crippen molar-refractivity contribution in [2.24, 2.45) is 11.1 Å². The van der Waals surface area contributed by atoms with Crippen molar-refractivity contribution in [3.05, 3.63) is 35.5 Å². The molecule has 0 radical (unpaired) electrons. The number of Topliss-reactive ketones (excluding diaryl/α,β-unsaturated/α-hetero) is 1. The number of hydrogen-bond acceptors (Lipinski definition) is 4. The summed E-state index contributed by atoms with van der Waals surface area (Å²) in [4.78, 5) is 24.0. The van der Waals surface area contributed by atoms with E-state index in [0.717, 1.165) is 23.7 Å². The van der Waals surface area contributed by atoms with E-state index in [9.17, 15) is 9.59 Å². The molecule has 0 bridgehead atoms. The largest absolute Gasteiger partial charge is 0.461 e. The lowest BCUT2D eigenvalue weighted by atomic mass is 10.1. The molecule has 0 unspecified atom stereocenters. The average molecular weight is 314 g/mol. The van der Waals surface area contributed by atoms with Crippen LogP contribution in [0, 0.1) is 5.41 Å². The van der Waals surface area contributed by atoms with Crippen LogP contribution in [0.4, 0.5) is 0 Å². The fourth-order valence-corrected chi connectivity index (χ4v) is 2.96. The number of nitrogens with two attached hydrogens (primary N) is 1. The third-order valence-electron chi connectivity index (χ3n) is 4.68. The summed E-state index contributed by atoms with van der Waals surface area (Å²) in [6, 6.07) is 7.36. The first kappa shape index (κ1) is 15.7. The number of fused-ring (bicyclic) bond motifs is 1. The van der Waals surface area contributed by atoms with E-state index >= 15 is 0 Å². The van der Waals surface area contributed by atoms with Crippen LogP contribution in [0.3, 0.4) is 0 Å². The van der Waals surface area contributed by atoms with Gasteiger partial charge in [0.25, 0.3) is 0 Å². The molecule has 122 valence electrons. The highest BCUT2D eigenvalue weighted by Crippen LogP contribution is 2.47. The van der Waals surface area contributed by atoms with Crippen LogP contribution in [0.25, 0.3) is 10.9 Å². The van der Waals surface area contributed by atoms with Crippen molar-refractivity contribution < 1.29 is 14.3 Å². The molecule has 0 aliphatic heterocycles. The maximum Gasteiger partial charge on any atom is 0.354 e. The van der Waals surface area contributed by atoms with E-state index in [0.29, 0.717) is 31.0 Å². The van der Waals surface area contributed by atoms with Gasteiger partial charge in [0.1, 0.15) is 5.69 Å². The number of aromatic nitrogens is 1. The van der Waals surface area contributed by atoms with Crippen LogP contribution in [-0.4, -0.2) is 29.5 Å². The van der Waals surface area contributed by atoms with Crippen LogP contribution in [0.5, 0.6) is 0 Å². The van der Waals surface area contributed by atoms with Gasteiger partial charge in [-0.25, -0.2) is 4.79 Å².